The number of carbonyl (C=O) groups is 1. The van der Waals surface area contributed by atoms with Crippen molar-refractivity contribution in [1.82, 2.24) is 15.2 Å². The number of benzene rings is 1. The number of Topliss-reactive ketones (excluding diaryl/α,β-unsaturated/α-hetero) is 1. The van der Waals surface area contributed by atoms with Crippen LogP contribution in [0.4, 0.5) is 0 Å². The standard InChI is InChI=1S/C17H14N4O/c1-10-14(11(2)21-20-10)7-12(8-18)17(22)15-9-19-16-6-4-3-5-13(15)16/h3-7,9,19H,1-2H3,(H,20,21). The Kier molecular flexibility index (Phi) is 3.36. The predicted octanol–water partition coefficient (Wildman–Crippen LogP) is 3.30. The second-order valence-electron chi connectivity index (χ2n) is 5.09. The summed E-state index contributed by atoms with van der Waals surface area (Å²) < 4.78 is 0. The number of allylic oxidation sites excluding steroid dienone is 1. The monoisotopic (exact) mass is 290 g/mol. The molecule has 3 aromatic rings. The van der Waals surface area contributed by atoms with Crippen LogP contribution in [-0.4, -0.2) is 21.0 Å². The van der Waals surface area contributed by atoms with E-state index in [-0.39, 0.29) is 11.4 Å². The summed E-state index contributed by atoms with van der Waals surface area (Å²) in [6.07, 6.45) is 3.24. The fourth-order valence-corrected chi connectivity index (χ4v) is 2.47. The van der Waals surface area contributed by atoms with E-state index in [2.05, 4.69) is 15.2 Å². The number of aromatic amines is 2. The molecule has 0 aliphatic carbocycles. The highest BCUT2D eigenvalue weighted by molar-refractivity contribution is 6.19. The van der Waals surface area contributed by atoms with E-state index < -0.39 is 0 Å². The Balaban J connectivity index is 2.08. The molecule has 0 spiro atoms. The molecule has 2 N–H and O–H groups in total. The van der Waals surface area contributed by atoms with E-state index in [1.165, 1.54) is 0 Å². The summed E-state index contributed by atoms with van der Waals surface area (Å²) in [5.41, 5.74) is 3.84. The van der Waals surface area contributed by atoms with Gasteiger partial charge < -0.3 is 4.98 Å². The number of nitrogens with one attached hydrogen (secondary N) is 2. The van der Waals surface area contributed by atoms with Gasteiger partial charge >= 0.3 is 0 Å². The highest BCUT2D eigenvalue weighted by atomic mass is 16.1. The van der Waals surface area contributed by atoms with Crippen LogP contribution in [0.5, 0.6) is 0 Å². The van der Waals surface area contributed by atoms with Gasteiger partial charge in [-0.1, -0.05) is 18.2 Å². The van der Waals surface area contributed by atoms with Gasteiger partial charge in [-0.3, -0.25) is 9.89 Å². The first-order valence-corrected chi connectivity index (χ1v) is 6.86. The van der Waals surface area contributed by atoms with E-state index in [1.807, 2.05) is 44.2 Å². The summed E-state index contributed by atoms with van der Waals surface area (Å²) in [7, 11) is 0. The molecule has 22 heavy (non-hydrogen) atoms. The first kappa shape index (κ1) is 13.8. The van der Waals surface area contributed by atoms with Crippen LogP contribution < -0.4 is 0 Å². The Morgan fingerprint density at radius 1 is 1.32 bits per heavy atom. The summed E-state index contributed by atoms with van der Waals surface area (Å²) in [5.74, 6) is -0.292. The summed E-state index contributed by atoms with van der Waals surface area (Å²) in [6, 6.07) is 9.53. The number of hydrogen-bond donors (Lipinski definition) is 2. The number of ketones is 1. The number of nitriles is 1. The molecule has 5 heteroatoms. The molecule has 0 aliphatic rings. The largest absolute Gasteiger partial charge is 0.360 e. The van der Waals surface area contributed by atoms with Gasteiger partial charge in [0.05, 0.1) is 5.69 Å². The average Bonchev–Trinajstić information content (AvgIpc) is 3.09. The number of aromatic nitrogens is 3. The Labute approximate surface area is 127 Å². The van der Waals surface area contributed by atoms with Gasteiger partial charge in [0.1, 0.15) is 11.6 Å². The van der Waals surface area contributed by atoms with Crippen LogP contribution in [-0.2, 0) is 0 Å². The van der Waals surface area contributed by atoms with Gasteiger partial charge in [0.15, 0.2) is 0 Å². The minimum atomic E-state index is -0.292. The van der Waals surface area contributed by atoms with E-state index in [9.17, 15) is 10.1 Å². The molecule has 0 radical (unpaired) electrons. The molecule has 2 aromatic heterocycles. The Bertz CT molecular complexity index is 918. The highest BCUT2D eigenvalue weighted by Crippen LogP contribution is 2.22. The Morgan fingerprint density at radius 2 is 2.09 bits per heavy atom. The van der Waals surface area contributed by atoms with Crippen LogP contribution in [0.1, 0.15) is 27.3 Å². The third-order valence-electron chi connectivity index (χ3n) is 3.67. The van der Waals surface area contributed by atoms with Crippen LogP contribution in [0.15, 0.2) is 36.0 Å². The zero-order valence-corrected chi connectivity index (χ0v) is 12.3. The summed E-state index contributed by atoms with van der Waals surface area (Å²) in [4.78, 5) is 15.7. The van der Waals surface area contributed by atoms with E-state index >= 15 is 0 Å². The van der Waals surface area contributed by atoms with Crippen molar-refractivity contribution in [1.29, 1.82) is 5.26 Å². The molecule has 0 saturated carbocycles. The van der Waals surface area contributed by atoms with E-state index in [0.29, 0.717) is 5.56 Å². The molecule has 0 amide bonds. The van der Waals surface area contributed by atoms with E-state index in [0.717, 1.165) is 27.9 Å². The lowest BCUT2D eigenvalue weighted by Crippen LogP contribution is -2.01. The number of carbonyl (C=O) groups excluding carboxylic acids is 1. The zero-order valence-electron chi connectivity index (χ0n) is 12.3. The maximum absolute atomic E-state index is 12.7. The van der Waals surface area contributed by atoms with Crippen LogP contribution in [0, 0.1) is 25.2 Å². The first-order chi connectivity index (χ1) is 10.6. The number of para-hydroxylation sites is 1. The van der Waals surface area contributed by atoms with Crippen molar-refractivity contribution in [2.45, 2.75) is 13.8 Å². The number of fused-ring (bicyclic) bond motifs is 1. The van der Waals surface area contributed by atoms with Gasteiger partial charge in [-0.05, 0) is 26.0 Å². The van der Waals surface area contributed by atoms with Crippen molar-refractivity contribution in [2.75, 3.05) is 0 Å². The minimum Gasteiger partial charge on any atom is -0.360 e. The lowest BCUT2D eigenvalue weighted by Gasteiger charge is -1.99. The normalized spacial score (nSPS) is 11.6. The van der Waals surface area contributed by atoms with Crippen molar-refractivity contribution in [3.05, 3.63) is 58.6 Å². The third-order valence-corrected chi connectivity index (χ3v) is 3.67. The third kappa shape index (κ3) is 2.21. The molecule has 3 rings (SSSR count). The molecule has 1 aromatic carbocycles. The molecule has 5 nitrogen and oxygen atoms in total. The van der Waals surface area contributed by atoms with Crippen molar-refractivity contribution in [3.63, 3.8) is 0 Å². The predicted molar refractivity (Wildman–Crippen MR) is 84.3 cm³/mol. The van der Waals surface area contributed by atoms with Crippen LogP contribution >= 0.6 is 0 Å². The molecular formula is C17H14N4O. The maximum atomic E-state index is 12.7. The highest BCUT2D eigenvalue weighted by Gasteiger charge is 2.17. The average molecular weight is 290 g/mol. The maximum Gasteiger partial charge on any atom is 0.205 e. The Hall–Kier alpha value is -3.13. The smallest absolute Gasteiger partial charge is 0.205 e. The van der Waals surface area contributed by atoms with Gasteiger partial charge in [0, 0.05) is 33.9 Å². The second-order valence-corrected chi connectivity index (χ2v) is 5.09. The van der Waals surface area contributed by atoms with Crippen molar-refractivity contribution >= 4 is 22.8 Å². The first-order valence-electron chi connectivity index (χ1n) is 6.86. The summed E-state index contributed by atoms with van der Waals surface area (Å²) in [6.45, 7) is 3.69. The lowest BCUT2D eigenvalue weighted by molar-refractivity contribution is 0.104. The number of rotatable bonds is 3. The molecule has 0 unspecified atom stereocenters. The molecule has 2 heterocycles. The molecule has 0 atom stereocenters. The second kappa shape index (κ2) is 5.34. The quantitative estimate of drug-likeness (QED) is 0.441. The van der Waals surface area contributed by atoms with Crippen LogP contribution in [0.25, 0.3) is 17.0 Å². The van der Waals surface area contributed by atoms with Gasteiger partial charge in [-0.15, -0.1) is 0 Å². The van der Waals surface area contributed by atoms with Crippen LogP contribution in [0.3, 0.4) is 0 Å². The number of nitrogens with zero attached hydrogens (tertiary/aromatic N) is 2. The van der Waals surface area contributed by atoms with E-state index in [4.69, 9.17) is 0 Å². The number of hydrogen-bond acceptors (Lipinski definition) is 3. The number of aryl methyl sites for hydroxylation is 2. The topological polar surface area (TPSA) is 85.3 Å². The van der Waals surface area contributed by atoms with Gasteiger partial charge in [-0.2, -0.15) is 10.4 Å². The Morgan fingerprint density at radius 3 is 2.77 bits per heavy atom. The zero-order chi connectivity index (χ0) is 15.7. The van der Waals surface area contributed by atoms with Gasteiger partial charge in [0.2, 0.25) is 5.78 Å². The van der Waals surface area contributed by atoms with E-state index in [1.54, 1.807) is 12.3 Å². The molecule has 0 aliphatic heterocycles. The van der Waals surface area contributed by atoms with Crippen LogP contribution in [0.2, 0.25) is 0 Å². The lowest BCUT2D eigenvalue weighted by atomic mass is 10.0. The van der Waals surface area contributed by atoms with Crippen molar-refractivity contribution in [3.8, 4) is 6.07 Å². The van der Waals surface area contributed by atoms with Crippen molar-refractivity contribution in [2.24, 2.45) is 0 Å². The number of H-pyrrole nitrogens is 2. The molecular weight excluding hydrogens is 276 g/mol. The molecule has 0 fully saturated rings. The van der Waals surface area contributed by atoms with Crippen molar-refractivity contribution < 1.29 is 4.79 Å². The molecule has 108 valence electrons. The fraction of sp³-hybridized carbons (Fsp3) is 0.118. The SMILES string of the molecule is Cc1n[nH]c(C)c1C=C(C#N)C(=O)c1c[nH]c2ccccc12. The van der Waals surface area contributed by atoms with Gasteiger partial charge in [0.25, 0.3) is 0 Å². The molecule has 0 saturated heterocycles. The summed E-state index contributed by atoms with van der Waals surface area (Å²) >= 11 is 0. The minimum absolute atomic E-state index is 0.0948. The fourth-order valence-electron chi connectivity index (χ4n) is 2.47. The molecule has 0 bridgehead atoms. The summed E-state index contributed by atoms with van der Waals surface area (Å²) in [5, 5.41) is 17.1. The van der Waals surface area contributed by atoms with Gasteiger partial charge in [-0.25, -0.2) is 0 Å².